The number of nitrogens with zero attached hydrogens (tertiary/aromatic N) is 2. The van der Waals surface area contributed by atoms with Crippen molar-refractivity contribution in [2.75, 3.05) is 31.7 Å². The van der Waals surface area contributed by atoms with Crippen LogP contribution in [0.5, 0.6) is 0 Å². The van der Waals surface area contributed by atoms with Crippen molar-refractivity contribution in [1.29, 1.82) is 0 Å². The second kappa shape index (κ2) is 7.68. The highest BCUT2D eigenvalue weighted by molar-refractivity contribution is 6.16. The van der Waals surface area contributed by atoms with Gasteiger partial charge in [0.2, 0.25) is 11.6 Å². The molecule has 27 heavy (non-hydrogen) atoms. The lowest BCUT2D eigenvalue weighted by Crippen LogP contribution is -2.71. The van der Waals surface area contributed by atoms with E-state index in [4.69, 9.17) is 4.74 Å². The smallest absolute Gasteiger partial charge is 0.267 e. The molecule has 1 fully saturated rings. The molecule has 146 valence electrons. The van der Waals surface area contributed by atoms with E-state index in [0.717, 1.165) is 6.42 Å². The average Bonchev–Trinajstić information content (AvgIpc) is 3.00. The molecular weight excluding hydrogens is 346 g/mol. The molecule has 0 bridgehead atoms. The van der Waals surface area contributed by atoms with Gasteiger partial charge in [0.15, 0.2) is 0 Å². The summed E-state index contributed by atoms with van der Waals surface area (Å²) < 4.78 is 5.16. The first-order valence-electron chi connectivity index (χ1n) is 9.44. The minimum Gasteiger partial charge on any atom is -0.383 e. The lowest BCUT2D eigenvalue weighted by atomic mass is 9.95. The standard InChI is InChI=1S/C20H27N3O4/c1-14(2)9-11-21-19(26)20-10-8-17(24)23(20)16-7-5-4-6-15(16)18(25)22(20)12-13-27-3/h4-7,14H,8-13H2,1-3H3,(H,21,26). The van der Waals surface area contributed by atoms with Crippen LogP contribution in [0.25, 0.3) is 0 Å². The predicted molar refractivity (Wildman–Crippen MR) is 101 cm³/mol. The molecular formula is C20H27N3O4. The van der Waals surface area contributed by atoms with Gasteiger partial charge < -0.3 is 15.0 Å². The Bertz CT molecular complexity index is 748. The number of ether oxygens (including phenoxy) is 1. The maximum Gasteiger partial charge on any atom is 0.267 e. The third kappa shape index (κ3) is 3.20. The topological polar surface area (TPSA) is 79.0 Å². The summed E-state index contributed by atoms with van der Waals surface area (Å²) in [6.07, 6.45) is 1.34. The molecule has 2 aliphatic heterocycles. The summed E-state index contributed by atoms with van der Waals surface area (Å²) in [7, 11) is 1.55. The lowest BCUT2D eigenvalue weighted by molar-refractivity contribution is -0.134. The van der Waals surface area contributed by atoms with E-state index >= 15 is 0 Å². The maximum atomic E-state index is 13.3. The molecule has 7 nitrogen and oxygen atoms in total. The number of rotatable bonds is 7. The van der Waals surface area contributed by atoms with Crippen LogP contribution in [0.1, 0.15) is 43.5 Å². The highest BCUT2D eigenvalue weighted by Crippen LogP contribution is 2.44. The van der Waals surface area contributed by atoms with Crippen molar-refractivity contribution in [3.05, 3.63) is 29.8 Å². The first kappa shape index (κ1) is 19.4. The molecule has 1 unspecified atom stereocenters. The Labute approximate surface area is 159 Å². The minimum absolute atomic E-state index is 0.142. The summed E-state index contributed by atoms with van der Waals surface area (Å²) in [6.45, 7) is 5.21. The molecule has 1 aromatic carbocycles. The zero-order valence-electron chi connectivity index (χ0n) is 16.2. The second-order valence-electron chi connectivity index (χ2n) is 7.45. The number of fused-ring (bicyclic) bond motifs is 3. The third-order valence-electron chi connectivity index (χ3n) is 5.26. The molecule has 0 radical (unpaired) electrons. The number of carbonyl (C=O) groups excluding carboxylic acids is 3. The third-order valence-corrected chi connectivity index (χ3v) is 5.26. The number of anilines is 1. The number of benzene rings is 1. The van der Waals surface area contributed by atoms with Gasteiger partial charge in [-0.05, 0) is 24.5 Å². The van der Waals surface area contributed by atoms with Crippen molar-refractivity contribution >= 4 is 23.4 Å². The van der Waals surface area contributed by atoms with Gasteiger partial charge >= 0.3 is 0 Å². The van der Waals surface area contributed by atoms with Gasteiger partial charge in [0.25, 0.3) is 11.8 Å². The molecule has 3 rings (SSSR count). The summed E-state index contributed by atoms with van der Waals surface area (Å²) in [4.78, 5) is 42.3. The Hall–Kier alpha value is -2.41. The fourth-order valence-electron chi connectivity index (χ4n) is 3.89. The number of hydrogen-bond donors (Lipinski definition) is 1. The van der Waals surface area contributed by atoms with Crippen molar-refractivity contribution in [3.63, 3.8) is 0 Å². The zero-order valence-corrected chi connectivity index (χ0v) is 16.2. The summed E-state index contributed by atoms with van der Waals surface area (Å²) in [5.74, 6) is -0.237. The highest BCUT2D eigenvalue weighted by atomic mass is 16.5. The van der Waals surface area contributed by atoms with Crippen LogP contribution in [-0.2, 0) is 14.3 Å². The Morgan fingerprint density at radius 3 is 2.74 bits per heavy atom. The summed E-state index contributed by atoms with van der Waals surface area (Å²) in [5.41, 5.74) is -0.370. The zero-order chi connectivity index (χ0) is 19.6. The van der Waals surface area contributed by atoms with E-state index in [1.165, 1.54) is 9.80 Å². The predicted octanol–water partition coefficient (Wildman–Crippen LogP) is 1.77. The van der Waals surface area contributed by atoms with Crippen LogP contribution in [0.2, 0.25) is 0 Å². The van der Waals surface area contributed by atoms with Crippen molar-refractivity contribution in [2.24, 2.45) is 5.92 Å². The van der Waals surface area contributed by atoms with Crippen molar-refractivity contribution in [3.8, 4) is 0 Å². The maximum absolute atomic E-state index is 13.3. The number of amides is 3. The van der Waals surface area contributed by atoms with Gasteiger partial charge in [-0.3, -0.25) is 19.3 Å². The van der Waals surface area contributed by atoms with Crippen molar-refractivity contribution in [1.82, 2.24) is 10.2 Å². The second-order valence-corrected chi connectivity index (χ2v) is 7.45. The molecule has 0 aliphatic carbocycles. The van der Waals surface area contributed by atoms with Gasteiger partial charge in [0.1, 0.15) is 0 Å². The van der Waals surface area contributed by atoms with Gasteiger partial charge in [-0.2, -0.15) is 0 Å². The highest BCUT2D eigenvalue weighted by Gasteiger charge is 2.60. The molecule has 0 spiro atoms. The fraction of sp³-hybridized carbons (Fsp3) is 0.550. The van der Waals surface area contributed by atoms with Crippen LogP contribution in [0.3, 0.4) is 0 Å². The molecule has 1 N–H and O–H groups in total. The van der Waals surface area contributed by atoms with Crippen LogP contribution in [0.15, 0.2) is 24.3 Å². The monoisotopic (exact) mass is 373 g/mol. The Balaban J connectivity index is 2.04. The SMILES string of the molecule is COCCN1C(=O)c2ccccc2N2C(=O)CCC12C(=O)NCCC(C)C. The first-order valence-corrected chi connectivity index (χ1v) is 9.44. The fourth-order valence-corrected chi connectivity index (χ4v) is 3.89. The normalized spacial score (nSPS) is 21.5. The quantitative estimate of drug-likeness (QED) is 0.790. The number of para-hydroxylation sites is 1. The molecule has 1 aromatic rings. The molecule has 2 heterocycles. The molecule has 0 saturated carbocycles. The number of nitrogens with one attached hydrogen (secondary N) is 1. The van der Waals surface area contributed by atoms with Crippen LogP contribution >= 0.6 is 0 Å². The van der Waals surface area contributed by atoms with Crippen molar-refractivity contribution in [2.45, 2.75) is 38.8 Å². The molecule has 3 amide bonds. The summed E-state index contributed by atoms with van der Waals surface area (Å²) in [6, 6.07) is 6.98. The van der Waals surface area contributed by atoms with E-state index in [0.29, 0.717) is 23.7 Å². The van der Waals surface area contributed by atoms with E-state index < -0.39 is 5.66 Å². The molecule has 1 atom stereocenters. The Morgan fingerprint density at radius 2 is 2.04 bits per heavy atom. The molecule has 1 saturated heterocycles. The number of hydrogen-bond acceptors (Lipinski definition) is 4. The van der Waals surface area contributed by atoms with Gasteiger partial charge in [0.05, 0.1) is 17.9 Å². The van der Waals surface area contributed by atoms with Crippen LogP contribution in [-0.4, -0.2) is 55.1 Å². The molecule has 0 aromatic heterocycles. The van der Waals surface area contributed by atoms with E-state index in [1.807, 2.05) is 0 Å². The van der Waals surface area contributed by atoms with Gasteiger partial charge in [-0.1, -0.05) is 26.0 Å². The minimum atomic E-state index is -1.32. The Kier molecular flexibility index (Phi) is 5.51. The van der Waals surface area contributed by atoms with Gasteiger partial charge in [-0.15, -0.1) is 0 Å². The van der Waals surface area contributed by atoms with Gasteiger partial charge in [0, 0.05) is 33.0 Å². The van der Waals surface area contributed by atoms with Crippen LogP contribution < -0.4 is 10.2 Å². The number of methoxy groups -OCH3 is 1. The van der Waals surface area contributed by atoms with Crippen molar-refractivity contribution < 1.29 is 19.1 Å². The largest absolute Gasteiger partial charge is 0.383 e. The summed E-state index contributed by atoms with van der Waals surface area (Å²) in [5, 5.41) is 2.96. The number of carbonyl (C=O) groups is 3. The van der Waals surface area contributed by atoms with E-state index in [9.17, 15) is 14.4 Å². The lowest BCUT2D eigenvalue weighted by Gasteiger charge is -2.49. The summed E-state index contributed by atoms with van der Waals surface area (Å²) >= 11 is 0. The Morgan fingerprint density at radius 1 is 1.30 bits per heavy atom. The van der Waals surface area contributed by atoms with E-state index in [2.05, 4.69) is 19.2 Å². The van der Waals surface area contributed by atoms with Gasteiger partial charge in [-0.25, -0.2) is 0 Å². The van der Waals surface area contributed by atoms with E-state index in [-0.39, 0.29) is 43.7 Å². The average molecular weight is 373 g/mol. The molecule has 2 aliphatic rings. The first-order chi connectivity index (χ1) is 12.9. The van der Waals surface area contributed by atoms with Crippen LogP contribution in [0.4, 0.5) is 5.69 Å². The van der Waals surface area contributed by atoms with E-state index in [1.54, 1.807) is 31.4 Å². The van der Waals surface area contributed by atoms with Crippen LogP contribution in [0, 0.1) is 5.92 Å². The molecule has 7 heteroatoms.